The highest BCUT2D eigenvalue weighted by molar-refractivity contribution is 7.99. The fourth-order valence-corrected chi connectivity index (χ4v) is 4.35. The molecule has 4 aromatic rings. The van der Waals surface area contributed by atoms with E-state index in [1.54, 1.807) is 30.6 Å². The van der Waals surface area contributed by atoms with Crippen molar-refractivity contribution in [3.05, 3.63) is 81.6 Å². The lowest BCUT2D eigenvalue weighted by Crippen LogP contribution is -2.22. The summed E-state index contributed by atoms with van der Waals surface area (Å²) in [5.74, 6) is -0.534. The van der Waals surface area contributed by atoms with E-state index in [-0.39, 0.29) is 22.6 Å². The van der Waals surface area contributed by atoms with Crippen molar-refractivity contribution in [2.45, 2.75) is 24.0 Å². The number of rotatable bonds is 6. The first-order chi connectivity index (χ1) is 15.0. The normalized spacial score (nSPS) is 13.6. The molecular weight excluding hydrogens is 439 g/mol. The van der Waals surface area contributed by atoms with E-state index in [4.69, 9.17) is 16.6 Å². The third-order valence-electron chi connectivity index (χ3n) is 5.09. The largest absolute Gasteiger partial charge is 0.312 e. The van der Waals surface area contributed by atoms with Crippen LogP contribution in [-0.4, -0.2) is 30.6 Å². The number of Topliss-reactive ketones (excluding diaryl/α,β-unsaturated/α-hetero) is 1. The Bertz CT molecular complexity index is 1350. The molecule has 2 aromatic heterocycles. The van der Waals surface area contributed by atoms with Gasteiger partial charge in [0.1, 0.15) is 5.82 Å². The van der Waals surface area contributed by atoms with E-state index in [1.165, 1.54) is 28.8 Å². The summed E-state index contributed by atoms with van der Waals surface area (Å²) in [4.78, 5) is 35.0. The average Bonchev–Trinajstić information content (AvgIpc) is 3.52. The van der Waals surface area contributed by atoms with Crippen LogP contribution in [0.2, 0.25) is 5.02 Å². The Morgan fingerprint density at radius 2 is 1.84 bits per heavy atom. The van der Waals surface area contributed by atoms with Gasteiger partial charge in [0.15, 0.2) is 22.1 Å². The second-order valence-corrected chi connectivity index (χ2v) is 8.66. The first-order valence-corrected chi connectivity index (χ1v) is 11.0. The third-order valence-corrected chi connectivity index (χ3v) is 6.28. The molecule has 0 atom stereocenters. The van der Waals surface area contributed by atoms with Crippen LogP contribution in [0.15, 0.2) is 64.8 Å². The van der Waals surface area contributed by atoms with Gasteiger partial charge in [-0.3, -0.25) is 14.2 Å². The molecule has 31 heavy (non-hydrogen) atoms. The van der Waals surface area contributed by atoms with Crippen LogP contribution in [0.1, 0.15) is 29.2 Å². The van der Waals surface area contributed by atoms with E-state index >= 15 is 0 Å². The fraction of sp³-hybridized carbons (Fsp3) is 0.182. The summed E-state index contributed by atoms with van der Waals surface area (Å²) in [7, 11) is 0. The molecule has 1 aliphatic carbocycles. The number of hydrogen-bond acceptors (Lipinski definition) is 5. The molecule has 6 nitrogen and oxygen atoms in total. The lowest BCUT2D eigenvalue weighted by atomic mass is 10.1. The number of thioether (sulfide) groups is 1. The van der Waals surface area contributed by atoms with Gasteiger partial charge >= 0.3 is 0 Å². The summed E-state index contributed by atoms with van der Waals surface area (Å²) in [6.07, 6.45) is 3.71. The third kappa shape index (κ3) is 3.88. The minimum absolute atomic E-state index is 0.0503. The van der Waals surface area contributed by atoms with Crippen LogP contribution in [0, 0.1) is 5.82 Å². The summed E-state index contributed by atoms with van der Waals surface area (Å²) in [5, 5.41) is 0.933. The molecule has 9 heteroatoms. The van der Waals surface area contributed by atoms with Crippen molar-refractivity contribution in [1.29, 1.82) is 0 Å². The van der Waals surface area contributed by atoms with Crippen LogP contribution in [0.5, 0.6) is 0 Å². The highest BCUT2D eigenvalue weighted by Crippen LogP contribution is 2.36. The molecule has 156 valence electrons. The Labute approximate surface area is 185 Å². The number of fused-ring (bicyclic) bond motifs is 1. The predicted octanol–water partition coefficient (Wildman–Crippen LogP) is 4.68. The van der Waals surface area contributed by atoms with Gasteiger partial charge in [0.05, 0.1) is 17.8 Å². The van der Waals surface area contributed by atoms with Gasteiger partial charge in [-0.25, -0.2) is 14.4 Å². The minimum Gasteiger partial charge on any atom is -0.312 e. The molecule has 0 saturated heterocycles. The second kappa shape index (κ2) is 7.94. The van der Waals surface area contributed by atoms with Crippen LogP contribution < -0.4 is 5.56 Å². The van der Waals surface area contributed by atoms with Gasteiger partial charge in [-0.05, 0) is 61.4 Å². The van der Waals surface area contributed by atoms with Gasteiger partial charge in [0, 0.05) is 16.6 Å². The zero-order valence-corrected chi connectivity index (χ0v) is 17.7. The highest BCUT2D eigenvalue weighted by Gasteiger charge is 2.27. The van der Waals surface area contributed by atoms with Crippen LogP contribution >= 0.6 is 23.4 Å². The smallest absolute Gasteiger partial charge is 0.286 e. The molecule has 0 bridgehead atoms. The number of hydrogen-bond donors (Lipinski definition) is 0. The van der Waals surface area contributed by atoms with E-state index in [0.717, 1.165) is 24.6 Å². The average molecular weight is 455 g/mol. The Kier molecular flexibility index (Phi) is 5.11. The number of halogens is 2. The second-order valence-electron chi connectivity index (χ2n) is 7.29. The quantitative estimate of drug-likeness (QED) is 0.240. The van der Waals surface area contributed by atoms with Gasteiger partial charge in [0.2, 0.25) is 0 Å². The van der Waals surface area contributed by atoms with Crippen LogP contribution in [0.4, 0.5) is 4.39 Å². The summed E-state index contributed by atoms with van der Waals surface area (Å²) < 4.78 is 16.5. The number of carbonyl (C=O) groups is 1. The van der Waals surface area contributed by atoms with Crippen LogP contribution in [-0.2, 0) is 0 Å². The van der Waals surface area contributed by atoms with Crippen molar-refractivity contribution in [3.8, 4) is 5.69 Å². The topological polar surface area (TPSA) is 69.8 Å². The molecule has 0 unspecified atom stereocenters. The standard InChI is InChI=1S/C22H16ClFN4O2S/c23-14-3-7-17(8-4-14)28-21(30)19-20(27(12-25-19)16-9-10-16)26-22(28)31-11-18(29)13-1-5-15(24)6-2-13/h1-8,12,16H,9-11H2. The Morgan fingerprint density at radius 3 is 2.52 bits per heavy atom. The summed E-state index contributed by atoms with van der Waals surface area (Å²) in [6, 6.07) is 12.5. The maximum Gasteiger partial charge on any atom is 0.286 e. The molecule has 2 aromatic carbocycles. The van der Waals surface area contributed by atoms with Crippen molar-refractivity contribution in [2.24, 2.45) is 0 Å². The molecule has 1 fully saturated rings. The van der Waals surface area contributed by atoms with Crippen LogP contribution in [0.3, 0.4) is 0 Å². The maximum absolute atomic E-state index is 13.3. The van der Waals surface area contributed by atoms with E-state index in [0.29, 0.717) is 33.1 Å². The van der Waals surface area contributed by atoms with Crippen molar-refractivity contribution in [1.82, 2.24) is 19.1 Å². The predicted molar refractivity (Wildman–Crippen MR) is 118 cm³/mol. The Balaban J connectivity index is 1.57. The molecule has 5 rings (SSSR count). The van der Waals surface area contributed by atoms with Crippen molar-refractivity contribution in [3.63, 3.8) is 0 Å². The van der Waals surface area contributed by atoms with Gasteiger partial charge in [-0.1, -0.05) is 23.4 Å². The molecule has 0 amide bonds. The summed E-state index contributed by atoms with van der Waals surface area (Å²) >= 11 is 7.17. The first-order valence-electron chi connectivity index (χ1n) is 9.68. The van der Waals surface area contributed by atoms with Crippen molar-refractivity contribution in [2.75, 3.05) is 5.75 Å². The highest BCUT2D eigenvalue weighted by atomic mass is 35.5. The van der Waals surface area contributed by atoms with Gasteiger partial charge < -0.3 is 4.57 Å². The van der Waals surface area contributed by atoms with Gasteiger partial charge in [-0.15, -0.1) is 0 Å². The number of carbonyl (C=O) groups excluding carboxylic acids is 1. The van der Waals surface area contributed by atoms with Gasteiger partial charge in [0.25, 0.3) is 5.56 Å². The van der Waals surface area contributed by atoms with E-state index in [2.05, 4.69) is 4.98 Å². The molecule has 0 spiro atoms. The van der Waals surface area contributed by atoms with Gasteiger partial charge in [-0.2, -0.15) is 0 Å². The molecule has 0 aliphatic heterocycles. The van der Waals surface area contributed by atoms with E-state index < -0.39 is 5.82 Å². The Hall–Kier alpha value is -2.97. The zero-order chi connectivity index (χ0) is 21.5. The molecule has 0 N–H and O–H groups in total. The van der Waals surface area contributed by atoms with Crippen molar-refractivity contribution >= 4 is 40.3 Å². The molecule has 1 saturated carbocycles. The van der Waals surface area contributed by atoms with Crippen molar-refractivity contribution < 1.29 is 9.18 Å². The molecule has 2 heterocycles. The number of ketones is 1. The lowest BCUT2D eigenvalue weighted by Gasteiger charge is -2.12. The zero-order valence-electron chi connectivity index (χ0n) is 16.2. The molecular formula is C22H16ClFN4O2S. The fourth-order valence-electron chi connectivity index (χ4n) is 3.33. The summed E-state index contributed by atoms with van der Waals surface area (Å²) in [5.41, 5.74) is 1.49. The Morgan fingerprint density at radius 1 is 1.13 bits per heavy atom. The maximum atomic E-state index is 13.3. The minimum atomic E-state index is -0.402. The van der Waals surface area contributed by atoms with E-state index in [9.17, 15) is 14.0 Å². The van der Waals surface area contributed by atoms with E-state index in [1.807, 2.05) is 4.57 Å². The summed E-state index contributed by atoms with van der Waals surface area (Å²) in [6.45, 7) is 0. The number of aromatic nitrogens is 4. The lowest BCUT2D eigenvalue weighted by molar-refractivity contribution is 0.102. The first kappa shape index (κ1) is 20.0. The number of imidazole rings is 1. The van der Waals surface area contributed by atoms with Crippen LogP contribution in [0.25, 0.3) is 16.9 Å². The number of nitrogens with zero attached hydrogens (tertiary/aromatic N) is 4. The molecule has 0 radical (unpaired) electrons. The SMILES string of the molecule is O=C(CSc1nc2c(ncn2C2CC2)c(=O)n1-c1ccc(Cl)cc1)c1ccc(F)cc1. The number of benzene rings is 2. The monoisotopic (exact) mass is 454 g/mol. The molecule has 1 aliphatic rings.